The van der Waals surface area contributed by atoms with Crippen LogP contribution in [0.2, 0.25) is 25.7 Å². The minimum absolute atomic E-state index is 0.00116. The molecule has 3 rings (SSSR count). The zero-order valence-electron chi connectivity index (χ0n) is 39.7. The second-order valence-corrected chi connectivity index (χ2v) is 25.1. The van der Waals surface area contributed by atoms with E-state index in [4.69, 9.17) is 20.9 Å². The molecular weight excluding hydrogens is 873 g/mol. The van der Waals surface area contributed by atoms with Crippen molar-refractivity contribution in [2.45, 2.75) is 117 Å². The maximum Gasteiger partial charge on any atom is 0.407 e. The third-order valence-electron chi connectivity index (χ3n) is 10.5. The summed E-state index contributed by atoms with van der Waals surface area (Å²) in [5.41, 5.74) is 11.5. The van der Waals surface area contributed by atoms with E-state index >= 15 is 4.39 Å². The Morgan fingerprint density at radius 1 is 0.894 bits per heavy atom. The number of carbonyl (C=O) groups is 6. The molecule has 0 radical (unpaired) electrons. The Balaban J connectivity index is 2.01. The molecule has 2 aromatic carbocycles. The van der Waals surface area contributed by atoms with E-state index in [1.807, 2.05) is 55.7 Å². The van der Waals surface area contributed by atoms with Crippen molar-refractivity contribution in [3.8, 4) is 11.1 Å². The summed E-state index contributed by atoms with van der Waals surface area (Å²) in [5.74, 6) is -4.94. The molecule has 66 heavy (non-hydrogen) atoms. The quantitative estimate of drug-likeness (QED) is 0.0625. The summed E-state index contributed by atoms with van der Waals surface area (Å²) < 4.78 is 42.5. The van der Waals surface area contributed by atoms with Gasteiger partial charge < -0.3 is 51.0 Å². The predicted molar refractivity (Wildman–Crippen MR) is 249 cm³/mol. The molecule has 0 unspecified atom stereocenters. The maximum absolute atomic E-state index is 15.3. The normalized spacial score (nSPS) is 13.2. The van der Waals surface area contributed by atoms with Gasteiger partial charge in [-0.05, 0) is 74.9 Å². The fourth-order valence-corrected chi connectivity index (χ4v) is 8.08. The number of esters is 1. The SMILES string of the molecule is CC(C)(C)OC(=O)CC[C@H](C(N)=O)N(CCNC(=O)[C@H](CCN(C(=O)CO)[C@@H](c1cc(-c2cc(F)ccc2F)cn1Cc1ccccc1)C(C)(C)C)NC(=O)OCC[Si](C)(C)C)C(=O)CN. The minimum Gasteiger partial charge on any atom is -0.460 e. The molecule has 3 aromatic rings. The van der Waals surface area contributed by atoms with Crippen LogP contribution in [0, 0.1) is 17.0 Å². The maximum atomic E-state index is 15.3. The molecule has 0 saturated heterocycles. The lowest BCUT2D eigenvalue weighted by molar-refractivity contribution is -0.155. The number of amides is 5. The van der Waals surface area contributed by atoms with Gasteiger partial charge in [-0.3, -0.25) is 24.0 Å². The Morgan fingerprint density at radius 3 is 2.14 bits per heavy atom. The van der Waals surface area contributed by atoms with E-state index in [1.165, 1.54) is 4.90 Å². The van der Waals surface area contributed by atoms with E-state index in [1.54, 1.807) is 33.0 Å². The van der Waals surface area contributed by atoms with Crippen molar-refractivity contribution in [2.24, 2.45) is 16.9 Å². The van der Waals surface area contributed by atoms with Crippen molar-refractivity contribution >= 4 is 43.8 Å². The summed E-state index contributed by atoms with van der Waals surface area (Å²) in [6.07, 6.45) is 0.164. The van der Waals surface area contributed by atoms with Crippen LogP contribution in [0.25, 0.3) is 11.1 Å². The van der Waals surface area contributed by atoms with Crippen LogP contribution in [-0.4, -0.2) is 120 Å². The number of aliphatic hydroxyl groups is 1. The number of hydrogen-bond acceptors (Lipinski definition) is 10. The molecule has 1 aromatic heterocycles. The number of halogens is 2. The molecule has 3 atom stereocenters. The van der Waals surface area contributed by atoms with E-state index < -0.39 is 97.7 Å². The number of carbonyl (C=O) groups excluding carboxylic acids is 6. The number of primary amides is 1. The van der Waals surface area contributed by atoms with Crippen molar-refractivity contribution in [3.05, 3.63) is 83.7 Å². The first-order valence-electron chi connectivity index (χ1n) is 22.1. The second kappa shape index (κ2) is 24.2. The van der Waals surface area contributed by atoms with E-state index in [9.17, 15) is 38.3 Å². The lowest BCUT2D eigenvalue weighted by Crippen LogP contribution is -2.54. The third-order valence-corrected chi connectivity index (χ3v) is 12.2. The van der Waals surface area contributed by atoms with Crippen LogP contribution in [0.5, 0.6) is 0 Å². The predicted octanol–water partition coefficient (Wildman–Crippen LogP) is 5.09. The number of nitrogens with zero attached hydrogens (tertiary/aromatic N) is 3. The van der Waals surface area contributed by atoms with Gasteiger partial charge in [-0.1, -0.05) is 70.7 Å². The monoisotopic (exact) mass is 941 g/mol. The van der Waals surface area contributed by atoms with Gasteiger partial charge in [-0.2, -0.15) is 0 Å². The van der Waals surface area contributed by atoms with Gasteiger partial charge in [0.05, 0.1) is 19.2 Å². The molecule has 16 nitrogen and oxygen atoms in total. The Kier molecular flexibility index (Phi) is 20.1. The first kappa shape index (κ1) is 54.7. The Morgan fingerprint density at radius 2 is 1.56 bits per heavy atom. The van der Waals surface area contributed by atoms with Gasteiger partial charge in [0.15, 0.2) is 0 Å². The van der Waals surface area contributed by atoms with Crippen LogP contribution in [0.4, 0.5) is 13.6 Å². The molecule has 0 spiro atoms. The molecule has 0 aliphatic carbocycles. The van der Waals surface area contributed by atoms with Crippen LogP contribution in [-0.2, 0) is 40.0 Å². The molecule has 364 valence electrons. The summed E-state index contributed by atoms with van der Waals surface area (Å²) in [4.78, 5) is 81.8. The van der Waals surface area contributed by atoms with Crippen molar-refractivity contribution < 1.29 is 52.1 Å². The van der Waals surface area contributed by atoms with Crippen LogP contribution in [0.3, 0.4) is 0 Å². The summed E-state index contributed by atoms with van der Waals surface area (Å²) in [7, 11) is -1.63. The summed E-state index contributed by atoms with van der Waals surface area (Å²) in [6, 6.07) is 11.4. The van der Waals surface area contributed by atoms with Crippen molar-refractivity contribution in [1.82, 2.24) is 25.0 Å². The topological polar surface area (TPSA) is 229 Å². The second-order valence-electron chi connectivity index (χ2n) is 19.5. The number of aliphatic hydroxyl groups excluding tert-OH is 1. The van der Waals surface area contributed by atoms with Crippen molar-refractivity contribution in [3.63, 3.8) is 0 Å². The van der Waals surface area contributed by atoms with Gasteiger partial charge in [0.1, 0.15) is 35.9 Å². The summed E-state index contributed by atoms with van der Waals surface area (Å²) >= 11 is 0. The van der Waals surface area contributed by atoms with E-state index in [0.717, 1.165) is 28.7 Å². The molecule has 7 N–H and O–H groups in total. The average Bonchev–Trinajstić information content (AvgIpc) is 3.61. The largest absolute Gasteiger partial charge is 0.460 e. The van der Waals surface area contributed by atoms with Crippen LogP contribution in [0.1, 0.15) is 78.1 Å². The highest BCUT2D eigenvalue weighted by molar-refractivity contribution is 6.76. The zero-order chi connectivity index (χ0) is 49.6. The van der Waals surface area contributed by atoms with E-state index in [0.29, 0.717) is 17.3 Å². The highest BCUT2D eigenvalue weighted by Crippen LogP contribution is 2.41. The first-order chi connectivity index (χ1) is 30.7. The number of ether oxygens (including phenoxy) is 2. The van der Waals surface area contributed by atoms with E-state index in [-0.39, 0.29) is 57.6 Å². The van der Waals surface area contributed by atoms with Crippen molar-refractivity contribution in [1.29, 1.82) is 0 Å². The van der Waals surface area contributed by atoms with Gasteiger partial charge in [0, 0.05) is 63.7 Å². The summed E-state index contributed by atoms with van der Waals surface area (Å²) in [6.45, 7) is 15.2. The zero-order valence-corrected chi connectivity index (χ0v) is 40.7. The van der Waals surface area contributed by atoms with Gasteiger partial charge in [-0.25, -0.2) is 13.6 Å². The van der Waals surface area contributed by atoms with Crippen LogP contribution < -0.4 is 22.1 Å². The fourth-order valence-electron chi connectivity index (χ4n) is 7.36. The fraction of sp³-hybridized carbons (Fsp3) is 0.532. The lowest BCUT2D eigenvalue weighted by Gasteiger charge is -2.41. The molecule has 0 bridgehead atoms. The minimum atomic E-state index is -1.63. The molecule has 19 heteroatoms. The standard InChI is InChI=1S/C47H69F2N7O9Si/c1-46(2,3)42(38-25-32(34-26-33(48)15-16-35(34)49)29-54(38)28-31-13-11-10-12-14-31)56(40(59)30-57)21-19-36(53-45(63)64-23-24-66(7,8)9)44(62)52-20-22-55(39(58)27-50)37(43(51)61)17-18-41(60)65-47(4,5)6/h10-16,25-26,29,36-37,42,57H,17-24,27-28,30,50H2,1-9H3,(H2,51,61)(H,52,62)(H,53,63)/t36-,37+,42-/m0/s1. The number of nitrogens with two attached hydrogens (primary N) is 2. The number of nitrogens with one attached hydrogen (secondary N) is 2. The number of alkyl carbamates (subject to hydrolysis) is 1. The van der Waals surface area contributed by atoms with Crippen LogP contribution in [0.15, 0.2) is 60.8 Å². The third kappa shape index (κ3) is 17.3. The lowest BCUT2D eigenvalue weighted by atomic mass is 9.82. The molecule has 0 aliphatic heterocycles. The smallest absolute Gasteiger partial charge is 0.407 e. The molecular formula is C47H69F2N7O9Si. The van der Waals surface area contributed by atoms with Crippen molar-refractivity contribution in [2.75, 3.05) is 39.4 Å². The van der Waals surface area contributed by atoms with E-state index in [2.05, 4.69) is 30.3 Å². The number of benzene rings is 2. The molecule has 0 saturated carbocycles. The Labute approximate surface area is 387 Å². The van der Waals surface area contributed by atoms with Gasteiger partial charge >= 0.3 is 12.1 Å². The number of hydrogen-bond donors (Lipinski definition) is 5. The average molecular weight is 942 g/mol. The van der Waals surface area contributed by atoms with Gasteiger partial charge in [-0.15, -0.1) is 0 Å². The molecule has 0 aliphatic rings. The summed E-state index contributed by atoms with van der Waals surface area (Å²) in [5, 5.41) is 15.7. The number of aromatic nitrogens is 1. The number of rotatable bonds is 23. The van der Waals surface area contributed by atoms with Gasteiger partial charge in [0.25, 0.3) is 0 Å². The molecule has 5 amide bonds. The first-order valence-corrected chi connectivity index (χ1v) is 25.8. The Bertz CT molecular complexity index is 2140. The molecule has 0 fully saturated rings. The van der Waals surface area contributed by atoms with Gasteiger partial charge in [0.2, 0.25) is 23.6 Å². The highest BCUT2D eigenvalue weighted by Gasteiger charge is 2.38. The molecule has 1 heterocycles. The Hall–Kier alpha value is -5.66. The highest BCUT2D eigenvalue weighted by atomic mass is 28.3. The van der Waals surface area contributed by atoms with Crippen LogP contribution >= 0.6 is 0 Å².